The van der Waals surface area contributed by atoms with E-state index in [9.17, 15) is 4.79 Å². The molecule has 0 bridgehead atoms. The summed E-state index contributed by atoms with van der Waals surface area (Å²) in [5.74, 6) is 0.281. The van der Waals surface area contributed by atoms with E-state index < -0.39 is 0 Å². The topological polar surface area (TPSA) is 41.6 Å². The molecule has 1 aliphatic rings. The number of aryl methyl sites for hydroxylation is 2. The zero-order valence-corrected chi connectivity index (χ0v) is 17.2. The Bertz CT molecular complexity index is 810. The fraction of sp³-hybridized carbons (Fsp3) is 0.381. The van der Waals surface area contributed by atoms with Crippen molar-refractivity contribution in [1.29, 1.82) is 0 Å². The van der Waals surface area contributed by atoms with Gasteiger partial charge in [0.1, 0.15) is 5.75 Å². The van der Waals surface area contributed by atoms with Gasteiger partial charge in [-0.3, -0.25) is 4.79 Å². The van der Waals surface area contributed by atoms with Gasteiger partial charge in [0.15, 0.2) is 6.61 Å². The zero-order chi connectivity index (χ0) is 19.4. The fourth-order valence-corrected chi connectivity index (χ4v) is 4.07. The van der Waals surface area contributed by atoms with Gasteiger partial charge in [0.25, 0.3) is 5.91 Å². The van der Waals surface area contributed by atoms with Crippen molar-refractivity contribution in [1.82, 2.24) is 0 Å². The normalized spacial score (nSPS) is 14.1. The van der Waals surface area contributed by atoms with Gasteiger partial charge in [-0.25, -0.2) is 0 Å². The third-order valence-corrected chi connectivity index (χ3v) is 5.23. The lowest BCUT2D eigenvalue weighted by Crippen LogP contribution is -2.29. The van der Waals surface area contributed by atoms with Crippen LogP contribution >= 0.6 is 23.2 Å². The van der Waals surface area contributed by atoms with Crippen LogP contribution in [0.3, 0.4) is 0 Å². The van der Waals surface area contributed by atoms with E-state index in [1.165, 1.54) is 19.3 Å². The maximum Gasteiger partial charge on any atom is 0.262 e. The molecule has 0 radical (unpaired) electrons. The van der Waals surface area contributed by atoms with Gasteiger partial charge in [-0.15, -0.1) is 0 Å². The molecule has 3 rings (SSSR count). The Morgan fingerprint density at radius 1 is 1.07 bits per heavy atom. The lowest BCUT2D eigenvalue weighted by molar-refractivity contribution is -0.118. The van der Waals surface area contributed by atoms with Crippen LogP contribution in [-0.2, 0) is 4.79 Å². The lowest BCUT2D eigenvalue weighted by Gasteiger charge is -2.29. The molecule has 27 heavy (non-hydrogen) atoms. The van der Waals surface area contributed by atoms with Gasteiger partial charge < -0.3 is 15.0 Å². The molecule has 0 atom stereocenters. The minimum atomic E-state index is -0.257. The second-order valence-corrected chi connectivity index (χ2v) is 7.76. The van der Waals surface area contributed by atoms with Crippen LogP contribution in [0.1, 0.15) is 30.4 Å². The van der Waals surface area contributed by atoms with E-state index in [0.29, 0.717) is 21.5 Å². The van der Waals surface area contributed by atoms with E-state index >= 15 is 0 Å². The predicted octanol–water partition coefficient (Wildman–Crippen LogP) is 5.62. The van der Waals surface area contributed by atoms with E-state index in [1.807, 2.05) is 38.1 Å². The molecule has 6 heteroatoms. The number of hydrogen-bond acceptors (Lipinski definition) is 3. The Kier molecular flexibility index (Phi) is 6.51. The Labute approximate surface area is 170 Å². The summed E-state index contributed by atoms with van der Waals surface area (Å²) in [5.41, 5.74) is 3.63. The average Bonchev–Trinajstić information content (AvgIpc) is 2.61. The second kappa shape index (κ2) is 8.85. The van der Waals surface area contributed by atoms with Crippen LogP contribution in [0.2, 0.25) is 10.0 Å². The first kappa shape index (κ1) is 19.8. The molecule has 144 valence electrons. The van der Waals surface area contributed by atoms with Crippen molar-refractivity contribution in [2.24, 2.45) is 0 Å². The smallest absolute Gasteiger partial charge is 0.262 e. The first-order valence-corrected chi connectivity index (χ1v) is 9.93. The number of halogens is 2. The summed E-state index contributed by atoms with van der Waals surface area (Å²) in [6.07, 6.45) is 3.65. The first-order valence-electron chi connectivity index (χ1n) is 9.18. The third kappa shape index (κ3) is 5.08. The van der Waals surface area contributed by atoms with Crippen LogP contribution in [0.4, 0.5) is 11.4 Å². The number of nitrogens with one attached hydrogen (secondary N) is 1. The molecule has 0 saturated carbocycles. The van der Waals surface area contributed by atoms with E-state index in [-0.39, 0.29) is 12.5 Å². The third-order valence-electron chi connectivity index (χ3n) is 4.65. The SMILES string of the molecule is Cc1cc(C)c(OCC(=O)Nc2ccc(N3CCCCC3)c(Cl)c2)c(Cl)c1. The van der Waals surface area contributed by atoms with Gasteiger partial charge in [0, 0.05) is 18.8 Å². The van der Waals surface area contributed by atoms with Crippen molar-refractivity contribution in [2.75, 3.05) is 29.9 Å². The number of amides is 1. The number of ether oxygens (including phenoxy) is 1. The van der Waals surface area contributed by atoms with Gasteiger partial charge in [0.2, 0.25) is 0 Å². The van der Waals surface area contributed by atoms with Crippen molar-refractivity contribution in [3.05, 3.63) is 51.5 Å². The molecule has 1 N–H and O–H groups in total. The van der Waals surface area contributed by atoms with Crippen molar-refractivity contribution >= 4 is 40.5 Å². The molecular formula is C21H24Cl2N2O2. The molecule has 0 aromatic heterocycles. The molecule has 0 spiro atoms. The van der Waals surface area contributed by atoms with Crippen LogP contribution in [0.5, 0.6) is 5.75 Å². The summed E-state index contributed by atoms with van der Waals surface area (Å²) in [6, 6.07) is 9.41. The Morgan fingerprint density at radius 2 is 1.81 bits per heavy atom. The van der Waals surface area contributed by atoms with Gasteiger partial charge in [-0.1, -0.05) is 29.3 Å². The lowest BCUT2D eigenvalue weighted by atomic mass is 10.1. The number of anilines is 2. The Hall–Kier alpha value is -1.91. The van der Waals surface area contributed by atoms with E-state index in [2.05, 4.69) is 10.2 Å². The molecule has 1 saturated heterocycles. The fourth-order valence-electron chi connectivity index (χ4n) is 3.40. The van der Waals surface area contributed by atoms with Crippen molar-refractivity contribution in [2.45, 2.75) is 33.1 Å². The standard InChI is InChI=1S/C21H24Cl2N2O2/c1-14-10-15(2)21(18(23)11-14)27-13-20(26)24-16-6-7-19(17(22)12-16)25-8-4-3-5-9-25/h6-7,10-12H,3-5,8-9,13H2,1-2H3,(H,24,26). The molecule has 4 nitrogen and oxygen atoms in total. The minimum Gasteiger partial charge on any atom is -0.482 e. The van der Waals surface area contributed by atoms with Crippen LogP contribution < -0.4 is 15.0 Å². The van der Waals surface area contributed by atoms with Gasteiger partial charge in [-0.2, -0.15) is 0 Å². The van der Waals surface area contributed by atoms with Crippen molar-refractivity contribution in [3.63, 3.8) is 0 Å². The molecular weight excluding hydrogens is 383 g/mol. The van der Waals surface area contributed by atoms with Crippen LogP contribution in [0.15, 0.2) is 30.3 Å². The molecule has 1 amide bonds. The zero-order valence-electron chi connectivity index (χ0n) is 15.6. The summed E-state index contributed by atoms with van der Waals surface area (Å²) >= 11 is 12.6. The van der Waals surface area contributed by atoms with E-state index in [0.717, 1.165) is 29.9 Å². The van der Waals surface area contributed by atoms with Crippen LogP contribution in [0.25, 0.3) is 0 Å². The monoisotopic (exact) mass is 406 g/mol. The molecule has 2 aromatic rings. The molecule has 1 fully saturated rings. The molecule has 2 aromatic carbocycles. The number of benzene rings is 2. The number of carbonyl (C=O) groups excluding carboxylic acids is 1. The summed E-state index contributed by atoms with van der Waals surface area (Å²) in [7, 11) is 0. The van der Waals surface area contributed by atoms with E-state index in [4.69, 9.17) is 27.9 Å². The van der Waals surface area contributed by atoms with Crippen molar-refractivity contribution in [3.8, 4) is 5.75 Å². The minimum absolute atomic E-state index is 0.116. The number of rotatable bonds is 5. The highest BCUT2D eigenvalue weighted by atomic mass is 35.5. The van der Waals surface area contributed by atoms with Gasteiger partial charge in [0.05, 0.1) is 15.7 Å². The maximum atomic E-state index is 12.2. The summed E-state index contributed by atoms with van der Waals surface area (Å²) < 4.78 is 5.62. The second-order valence-electron chi connectivity index (χ2n) is 6.94. The van der Waals surface area contributed by atoms with Gasteiger partial charge in [-0.05, 0) is 68.5 Å². The van der Waals surface area contributed by atoms with Crippen LogP contribution in [-0.4, -0.2) is 25.6 Å². The maximum absolute atomic E-state index is 12.2. The highest BCUT2D eigenvalue weighted by Gasteiger charge is 2.15. The molecule has 0 aliphatic carbocycles. The Morgan fingerprint density at radius 3 is 2.48 bits per heavy atom. The first-order chi connectivity index (χ1) is 12.9. The van der Waals surface area contributed by atoms with E-state index in [1.54, 1.807) is 6.07 Å². The summed E-state index contributed by atoms with van der Waals surface area (Å²) in [4.78, 5) is 14.5. The van der Waals surface area contributed by atoms with Gasteiger partial charge >= 0.3 is 0 Å². The highest BCUT2D eigenvalue weighted by Crippen LogP contribution is 2.31. The predicted molar refractivity (Wildman–Crippen MR) is 113 cm³/mol. The summed E-state index contributed by atoms with van der Waals surface area (Å²) in [6.45, 7) is 5.80. The number of hydrogen-bond donors (Lipinski definition) is 1. The number of nitrogens with zero attached hydrogens (tertiary/aromatic N) is 1. The highest BCUT2D eigenvalue weighted by molar-refractivity contribution is 6.33. The largest absolute Gasteiger partial charge is 0.482 e. The Balaban J connectivity index is 1.60. The quantitative estimate of drug-likeness (QED) is 0.700. The molecule has 0 unspecified atom stereocenters. The van der Waals surface area contributed by atoms with Crippen LogP contribution in [0, 0.1) is 13.8 Å². The molecule has 1 aliphatic heterocycles. The number of piperidine rings is 1. The summed E-state index contributed by atoms with van der Waals surface area (Å²) in [5, 5.41) is 3.98. The van der Waals surface area contributed by atoms with Crippen molar-refractivity contribution < 1.29 is 9.53 Å². The molecule has 1 heterocycles. The number of carbonyl (C=O) groups is 1. The average molecular weight is 407 g/mol.